The van der Waals surface area contributed by atoms with Crippen molar-refractivity contribution in [2.24, 2.45) is 5.10 Å². The van der Waals surface area contributed by atoms with Gasteiger partial charge in [0.05, 0.1) is 7.11 Å². The summed E-state index contributed by atoms with van der Waals surface area (Å²) in [6, 6.07) is 17.8. The molecule has 140 valence electrons. The fraction of sp³-hybridized carbons (Fsp3) is 0.286. The molecule has 3 rings (SSSR count). The predicted molar refractivity (Wildman–Crippen MR) is 101 cm³/mol. The summed E-state index contributed by atoms with van der Waals surface area (Å²) in [6.07, 6.45) is 1.52. The molecule has 1 amide bonds. The highest BCUT2D eigenvalue weighted by molar-refractivity contribution is 5.98. The molecular formula is C21H22N2O4. The highest BCUT2D eigenvalue weighted by atomic mass is 16.5. The summed E-state index contributed by atoms with van der Waals surface area (Å²) in [5.41, 5.74) is 0.177. The van der Waals surface area contributed by atoms with Crippen LogP contribution in [0, 0.1) is 0 Å². The van der Waals surface area contributed by atoms with E-state index >= 15 is 0 Å². The monoisotopic (exact) mass is 366 g/mol. The zero-order valence-corrected chi connectivity index (χ0v) is 15.2. The summed E-state index contributed by atoms with van der Waals surface area (Å²) in [5, 5.41) is 17.0. The minimum Gasteiger partial charge on any atom is -0.469 e. The quantitative estimate of drug-likeness (QED) is 0.797. The molecule has 2 aromatic rings. The number of carbonyl (C=O) groups excluding carboxylic acids is 2. The van der Waals surface area contributed by atoms with Crippen molar-refractivity contribution < 1.29 is 19.4 Å². The van der Waals surface area contributed by atoms with Crippen LogP contribution < -0.4 is 0 Å². The Morgan fingerprint density at radius 2 is 1.74 bits per heavy atom. The lowest BCUT2D eigenvalue weighted by Gasteiger charge is -2.31. The third-order valence-corrected chi connectivity index (χ3v) is 4.57. The summed E-state index contributed by atoms with van der Waals surface area (Å²) in [5.74, 6) is -0.658. The smallest absolute Gasteiger partial charge is 0.305 e. The van der Waals surface area contributed by atoms with Gasteiger partial charge in [0.1, 0.15) is 0 Å². The fourth-order valence-electron chi connectivity index (χ4n) is 3.14. The van der Waals surface area contributed by atoms with E-state index in [4.69, 9.17) is 0 Å². The van der Waals surface area contributed by atoms with Crippen molar-refractivity contribution in [1.82, 2.24) is 5.01 Å². The van der Waals surface area contributed by atoms with Gasteiger partial charge in [0.15, 0.2) is 5.72 Å². The van der Waals surface area contributed by atoms with Crippen LogP contribution in [0.4, 0.5) is 0 Å². The van der Waals surface area contributed by atoms with Crippen molar-refractivity contribution >= 4 is 17.6 Å². The number of hydrogen-bond acceptors (Lipinski definition) is 5. The van der Waals surface area contributed by atoms with Gasteiger partial charge in [-0.05, 0) is 25.0 Å². The van der Waals surface area contributed by atoms with Crippen molar-refractivity contribution in [1.29, 1.82) is 0 Å². The highest BCUT2D eigenvalue weighted by Crippen LogP contribution is 2.37. The Hall–Kier alpha value is -2.99. The molecule has 0 radical (unpaired) electrons. The molecule has 1 aliphatic rings. The van der Waals surface area contributed by atoms with Crippen molar-refractivity contribution in [3.63, 3.8) is 0 Å². The molecule has 6 nitrogen and oxygen atoms in total. The summed E-state index contributed by atoms with van der Waals surface area (Å²) in [7, 11) is 1.35. The molecule has 1 N–H and O–H groups in total. The standard InChI is InChI=1S/C21H22N2O4/c1-27-19(24)14-8-13-18-15-21(26,17-11-6-3-7-12-17)23(22-18)20(25)16-9-4-2-5-10-16/h2-7,9-12,26H,8,13-15H2,1H3. The van der Waals surface area contributed by atoms with Gasteiger partial charge in [-0.25, -0.2) is 0 Å². The number of amides is 1. The molecule has 0 bridgehead atoms. The van der Waals surface area contributed by atoms with Gasteiger partial charge in [0.2, 0.25) is 0 Å². The molecular weight excluding hydrogens is 344 g/mol. The molecule has 6 heteroatoms. The first-order valence-electron chi connectivity index (χ1n) is 8.85. The number of hydrazone groups is 1. The minimum atomic E-state index is -1.55. The first-order chi connectivity index (χ1) is 13.0. The highest BCUT2D eigenvalue weighted by Gasteiger charge is 2.45. The van der Waals surface area contributed by atoms with Crippen LogP contribution in [0.25, 0.3) is 0 Å². The lowest BCUT2D eigenvalue weighted by atomic mass is 9.95. The molecule has 0 aliphatic carbocycles. The molecule has 1 heterocycles. The number of carbonyl (C=O) groups is 2. The summed E-state index contributed by atoms with van der Waals surface area (Å²) >= 11 is 0. The van der Waals surface area contributed by atoms with Crippen molar-refractivity contribution in [2.75, 3.05) is 7.11 Å². The van der Waals surface area contributed by atoms with Gasteiger partial charge in [-0.2, -0.15) is 10.1 Å². The summed E-state index contributed by atoms with van der Waals surface area (Å²) < 4.78 is 4.65. The van der Waals surface area contributed by atoms with Crippen molar-refractivity contribution in [2.45, 2.75) is 31.4 Å². The Kier molecular flexibility index (Phi) is 5.66. The van der Waals surface area contributed by atoms with Crippen LogP contribution in [0.5, 0.6) is 0 Å². The Morgan fingerprint density at radius 1 is 1.11 bits per heavy atom. The second kappa shape index (κ2) is 8.14. The number of rotatable bonds is 6. The van der Waals surface area contributed by atoms with E-state index in [0.29, 0.717) is 29.7 Å². The molecule has 0 saturated carbocycles. The van der Waals surface area contributed by atoms with Gasteiger partial charge < -0.3 is 9.84 Å². The van der Waals surface area contributed by atoms with Gasteiger partial charge >= 0.3 is 5.97 Å². The molecule has 0 saturated heterocycles. The number of esters is 1. The second-order valence-corrected chi connectivity index (χ2v) is 6.44. The van der Waals surface area contributed by atoms with Crippen molar-refractivity contribution in [3.8, 4) is 0 Å². The topological polar surface area (TPSA) is 79.2 Å². The molecule has 0 aromatic heterocycles. The van der Waals surface area contributed by atoms with Gasteiger partial charge in [0, 0.05) is 29.7 Å². The van der Waals surface area contributed by atoms with E-state index in [9.17, 15) is 14.7 Å². The molecule has 27 heavy (non-hydrogen) atoms. The first-order valence-corrected chi connectivity index (χ1v) is 8.85. The third-order valence-electron chi connectivity index (χ3n) is 4.57. The average Bonchev–Trinajstić information content (AvgIpc) is 3.06. The number of aliphatic hydroxyl groups is 1. The van der Waals surface area contributed by atoms with E-state index in [0.717, 1.165) is 5.01 Å². The van der Waals surface area contributed by atoms with E-state index in [1.807, 2.05) is 24.3 Å². The summed E-state index contributed by atoms with van der Waals surface area (Å²) in [6.45, 7) is 0. The molecule has 1 atom stereocenters. The molecule has 1 unspecified atom stereocenters. The van der Waals surface area contributed by atoms with Crippen LogP contribution in [0.3, 0.4) is 0 Å². The van der Waals surface area contributed by atoms with Crippen LogP contribution in [0.1, 0.15) is 41.6 Å². The Bertz CT molecular complexity index is 836. The second-order valence-electron chi connectivity index (χ2n) is 6.44. The van der Waals surface area contributed by atoms with Crippen molar-refractivity contribution in [3.05, 3.63) is 71.8 Å². The average molecular weight is 366 g/mol. The minimum absolute atomic E-state index is 0.205. The van der Waals surface area contributed by atoms with Gasteiger partial charge in [-0.15, -0.1) is 0 Å². The number of methoxy groups -OCH3 is 1. The van der Waals surface area contributed by atoms with Crippen LogP contribution in [-0.4, -0.2) is 34.8 Å². The Labute approximate surface area is 158 Å². The van der Waals surface area contributed by atoms with Gasteiger partial charge in [0.25, 0.3) is 5.91 Å². The Balaban J connectivity index is 1.86. The van der Waals surface area contributed by atoms with Crippen LogP contribution in [0.2, 0.25) is 0 Å². The largest absolute Gasteiger partial charge is 0.469 e. The van der Waals surface area contributed by atoms with Crippen LogP contribution in [-0.2, 0) is 15.3 Å². The predicted octanol–water partition coefficient (Wildman–Crippen LogP) is 3.08. The van der Waals surface area contributed by atoms with Crippen LogP contribution >= 0.6 is 0 Å². The molecule has 1 aliphatic heterocycles. The zero-order valence-electron chi connectivity index (χ0n) is 15.2. The van der Waals surface area contributed by atoms with Gasteiger partial charge in [-0.1, -0.05) is 48.5 Å². The number of nitrogens with zero attached hydrogens (tertiary/aromatic N) is 2. The maximum atomic E-state index is 13.0. The van der Waals surface area contributed by atoms with Gasteiger partial charge in [-0.3, -0.25) is 9.59 Å². The molecule has 2 aromatic carbocycles. The maximum absolute atomic E-state index is 13.0. The van der Waals surface area contributed by atoms with E-state index < -0.39 is 5.72 Å². The van der Waals surface area contributed by atoms with E-state index in [1.54, 1.807) is 36.4 Å². The molecule has 0 spiro atoms. The number of benzene rings is 2. The van der Waals surface area contributed by atoms with Crippen LogP contribution in [0.15, 0.2) is 65.8 Å². The fourth-order valence-corrected chi connectivity index (χ4v) is 3.14. The Morgan fingerprint density at radius 3 is 2.37 bits per heavy atom. The lowest BCUT2D eigenvalue weighted by molar-refractivity contribution is -0.140. The maximum Gasteiger partial charge on any atom is 0.305 e. The zero-order chi connectivity index (χ0) is 19.3. The normalized spacial score (nSPS) is 18.9. The first kappa shape index (κ1) is 18.8. The SMILES string of the molecule is COC(=O)CCCC1=NN(C(=O)c2ccccc2)C(O)(c2ccccc2)C1. The third kappa shape index (κ3) is 4.06. The number of ether oxygens (including phenoxy) is 1. The van der Waals surface area contributed by atoms with E-state index in [-0.39, 0.29) is 24.7 Å². The lowest BCUT2D eigenvalue weighted by Crippen LogP contribution is -2.43. The van der Waals surface area contributed by atoms with E-state index in [1.165, 1.54) is 7.11 Å². The van der Waals surface area contributed by atoms with E-state index in [2.05, 4.69) is 9.84 Å². The number of hydrogen-bond donors (Lipinski definition) is 1. The molecule has 0 fully saturated rings. The summed E-state index contributed by atoms with van der Waals surface area (Å²) in [4.78, 5) is 24.3.